The first kappa shape index (κ1) is 12.6. The van der Waals surface area contributed by atoms with E-state index < -0.39 is 0 Å². The van der Waals surface area contributed by atoms with Crippen LogP contribution in [0.15, 0.2) is 12.2 Å². The Kier molecular flexibility index (Phi) is 3.54. The number of amides is 1. The van der Waals surface area contributed by atoms with E-state index in [1.165, 1.54) is 0 Å². The highest BCUT2D eigenvalue weighted by Crippen LogP contribution is 2.25. The highest BCUT2D eigenvalue weighted by atomic mass is 16.5. The molecule has 17 heavy (non-hydrogen) atoms. The summed E-state index contributed by atoms with van der Waals surface area (Å²) >= 11 is 0. The molecule has 0 spiro atoms. The molecular formula is C13H22N2O2. The van der Waals surface area contributed by atoms with Crippen molar-refractivity contribution in [3.63, 3.8) is 0 Å². The number of carbonyl (C=O) groups excluding carboxylic acids is 1. The first-order valence-corrected chi connectivity index (χ1v) is 6.34. The molecule has 2 rings (SSSR count). The number of ether oxygens (including phenoxy) is 1. The van der Waals surface area contributed by atoms with Crippen LogP contribution in [0.2, 0.25) is 0 Å². The third kappa shape index (κ3) is 3.30. The highest BCUT2D eigenvalue weighted by Gasteiger charge is 2.31. The highest BCUT2D eigenvalue weighted by molar-refractivity contribution is 5.81. The zero-order valence-electron chi connectivity index (χ0n) is 10.6. The molecule has 1 aliphatic heterocycles. The summed E-state index contributed by atoms with van der Waals surface area (Å²) in [7, 11) is 0. The molecule has 0 saturated carbocycles. The second-order valence-electron chi connectivity index (χ2n) is 5.70. The van der Waals surface area contributed by atoms with Crippen molar-refractivity contribution in [2.75, 3.05) is 6.61 Å². The Morgan fingerprint density at radius 2 is 2.24 bits per heavy atom. The van der Waals surface area contributed by atoms with E-state index in [2.05, 4.69) is 19.2 Å². The predicted octanol–water partition coefficient (Wildman–Crippen LogP) is 0.964. The molecular weight excluding hydrogens is 216 g/mol. The van der Waals surface area contributed by atoms with E-state index in [0.717, 1.165) is 25.9 Å². The first-order chi connectivity index (χ1) is 7.96. The average molecular weight is 238 g/mol. The van der Waals surface area contributed by atoms with Crippen LogP contribution in [-0.4, -0.2) is 30.2 Å². The molecule has 3 N–H and O–H groups in total. The topological polar surface area (TPSA) is 64.4 Å². The summed E-state index contributed by atoms with van der Waals surface area (Å²) in [6, 6.07) is 0.272. The van der Waals surface area contributed by atoms with Crippen LogP contribution in [0.5, 0.6) is 0 Å². The van der Waals surface area contributed by atoms with Crippen LogP contribution in [0.1, 0.15) is 33.1 Å². The van der Waals surface area contributed by atoms with Crippen molar-refractivity contribution in [1.82, 2.24) is 5.32 Å². The summed E-state index contributed by atoms with van der Waals surface area (Å²) in [6.07, 6.45) is 6.35. The molecule has 0 radical (unpaired) electrons. The summed E-state index contributed by atoms with van der Waals surface area (Å²) in [4.78, 5) is 12.0. The molecule has 1 aliphatic carbocycles. The van der Waals surface area contributed by atoms with Gasteiger partial charge >= 0.3 is 0 Å². The third-order valence-electron chi connectivity index (χ3n) is 3.50. The van der Waals surface area contributed by atoms with Crippen molar-refractivity contribution in [3.8, 4) is 0 Å². The minimum absolute atomic E-state index is 0.0388. The lowest BCUT2D eigenvalue weighted by Crippen LogP contribution is -2.47. The third-order valence-corrected chi connectivity index (χ3v) is 3.50. The molecule has 0 aromatic rings. The smallest absolute Gasteiger partial charge is 0.227 e. The van der Waals surface area contributed by atoms with Crippen LogP contribution in [0.3, 0.4) is 0 Å². The molecule has 3 unspecified atom stereocenters. The van der Waals surface area contributed by atoms with Gasteiger partial charge in [0.1, 0.15) is 0 Å². The average Bonchev–Trinajstić information content (AvgIpc) is 2.63. The summed E-state index contributed by atoms with van der Waals surface area (Å²) in [5, 5.41) is 3.11. The Hall–Kier alpha value is -0.870. The molecule has 4 nitrogen and oxygen atoms in total. The maximum absolute atomic E-state index is 12.0. The zero-order valence-corrected chi connectivity index (χ0v) is 10.6. The van der Waals surface area contributed by atoms with E-state index in [1.807, 2.05) is 12.2 Å². The van der Waals surface area contributed by atoms with Gasteiger partial charge in [0.15, 0.2) is 0 Å². The van der Waals surface area contributed by atoms with Crippen molar-refractivity contribution in [2.45, 2.75) is 50.8 Å². The molecule has 0 aromatic heterocycles. The second kappa shape index (κ2) is 4.78. The quantitative estimate of drug-likeness (QED) is 0.704. The number of hydrogen-bond acceptors (Lipinski definition) is 3. The maximum atomic E-state index is 12.0. The van der Waals surface area contributed by atoms with Crippen molar-refractivity contribution in [1.29, 1.82) is 0 Å². The Morgan fingerprint density at radius 1 is 1.47 bits per heavy atom. The lowest BCUT2D eigenvalue weighted by Gasteiger charge is -2.36. The molecule has 1 fully saturated rings. The summed E-state index contributed by atoms with van der Waals surface area (Å²) in [6.45, 7) is 4.85. The maximum Gasteiger partial charge on any atom is 0.227 e. The minimum Gasteiger partial charge on any atom is -0.375 e. The van der Waals surface area contributed by atoms with Gasteiger partial charge in [-0.05, 0) is 33.1 Å². The van der Waals surface area contributed by atoms with Gasteiger partial charge in [-0.25, -0.2) is 0 Å². The fraction of sp³-hybridized carbons (Fsp3) is 0.769. The molecule has 2 aliphatic rings. The molecule has 1 amide bonds. The second-order valence-corrected chi connectivity index (χ2v) is 5.70. The molecule has 1 saturated heterocycles. The fourth-order valence-corrected chi connectivity index (χ4v) is 2.58. The predicted molar refractivity (Wildman–Crippen MR) is 66.4 cm³/mol. The van der Waals surface area contributed by atoms with Gasteiger partial charge < -0.3 is 15.8 Å². The number of hydrogen-bond donors (Lipinski definition) is 2. The summed E-state index contributed by atoms with van der Waals surface area (Å²) < 4.78 is 5.63. The van der Waals surface area contributed by atoms with Crippen LogP contribution in [0, 0.1) is 5.92 Å². The number of nitrogens with one attached hydrogen (secondary N) is 1. The van der Waals surface area contributed by atoms with Gasteiger partial charge in [-0.15, -0.1) is 0 Å². The monoisotopic (exact) mass is 238 g/mol. The van der Waals surface area contributed by atoms with E-state index in [4.69, 9.17) is 10.5 Å². The number of carbonyl (C=O) groups is 1. The number of nitrogens with two attached hydrogens (primary N) is 1. The molecule has 1 heterocycles. The molecule has 0 bridgehead atoms. The van der Waals surface area contributed by atoms with Crippen molar-refractivity contribution >= 4 is 5.91 Å². The fourth-order valence-electron chi connectivity index (χ4n) is 2.58. The van der Waals surface area contributed by atoms with E-state index in [1.54, 1.807) is 0 Å². The zero-order chi connectivity index (χ0) is 12.5. The van der Waals surface area contributed by atoms with Gasteiger partial charge in [-0.1, -0.05) is 12.2 Å². The Bertz CT molecular complexity index is 325. The molecule has 0 aromatic carbocycles. The normalized spacial score (nSPS) is 35.8. The van der Waals surface area contributed by atoms with Crippen molar-refractivity contribution in [2.24, 2.45) is 11.7 Å². The van der Waals surface area contributed by atoms with Gasteiger partial charge in [-0.3, -0.25) is 4.79 Å². The van der Waals surface area contributed by atoms with Crippen molar-refractivity contribution in [3.05, 3.63) is 12.2 Å². The van der Waals surface area contributed by atoms with E-state index in [-0.39, 0.29) is 29.5 Å². The van der Waals surface area contributed by atoms with E-state index in [9.17, 15) is 4.79 Å². The van der Waals surface area contributed by atoms with Gasteiger partial charge in [0.25, 0.3) is 0 Å². The van der Waals surface area contributed by atoms with Crippen molar-refractivity contribution < 1.29 is 9.53 Å². The standard InChI is InChI=1S/C13H22N2O2/c1-13(2)8-11(5-6-17-13)15-12(16)9-3-4-10(14)7-9/h3-4,9-11H,5-8,14H2,1-2H3,(H,15,16). The lowest BCUT2D eigenvalue weighted by atomic mass is 9.93. The Balaban J connectivity index is 1.84. The van der Waals surface area contributed by atoms with Crippen LogP contribution < -0.4 is 11.1 Å². The van der Waals surface area contributed by atoms with Crippen LogP contribution in [0.25, 0.3) is 0 Å². The van der Waals surface area contributed by atoms with Gasteiger partial charge in [0.2, 0.25) is 5.91 Å². The SMILES string of the molecule is CC1(C)CC(NC(=O)C2C=CC(N)C2)CCO1. The van der Waals surface area contributed by atoms with Gasteiger partial charge in [0.05, 0.1) is 11.5 Å². The Labute approximate surface area is 103 Å². The minimum atomic E-state index is -0.127. The van der Waals surface area contributed by atoms with Crippen LogP contribution in [-0.2, 0) is 9.53 Å². The molecule has 4 heteroatoms. The van der Waals surface area contributed by atoms with E-state index >= 15 is 0 Å². The largest absolute Gasteiger partial charge is 0.375 e. The lowest BCUT2D eigenvalue weighted by molar-refractivity contribution is -0.126. The summed E-state index contributed by atoms with van der Waals surface area (Å²) in [5.74, 6) is 0.0628. The first-order valence-electron chi connectivity index (χ1n) is 6.34. The molecule has 3 atom stereocenters. The van der Waals surface area contributed by atoms with Gasteiger partial charge in [0, 0.05) is 18.7 Å². The molecule has 96 valence electrons. The van der Waals surface area contributed by atoms with Crippen LogP contribution >= 0.6 is 0 Å². The van der Waals surface area contributed by atoms with Crippen LogP contribution in [0.4, 0.5) is 0 Å². The summed E-state index contributed by atoms with van der Waals surface area (Å²) in [5.41, 5.74) is 5.63. The van der Waals surface area contributed by atoms with E-state index in [0.29, 0.717) is 0 Å². The Morgan fingerprint density at radius 3 is 2.82 bits per heavy atom. The van der Waals surface area contributed by atoms with Gasteiger partial charge in [-0.2, -0.15) is 0 Å². The number of rotatable bonds is 2.